The van der Waals surface area contributed by atoms with E-state index in [1.54, 1.807) is 0 Å². The summed E-state index contributed by atoms with van der Waals surface area (Å²) in [6.07, 6.45) is 1.47. The lowest BCUT2D eigenvalue weighted by Crippen LogP contribution is -2.41. The predicted octanol–water partition coefficient (Wildman–Crippen LogP) is 3.59. The number of thioether (sulfide) groups is 1. The van der Waals surface area contributed by atoms with Gasteiger partial charge in [0.2, 0.25) is 11.8 Å². The van der Waals surface area contributed by atoms with Crippen LogP contribution in [0, 0.1) is 17.2 Å². The van der Waals surface area contributed by atoms with Crippen LogP contribution in [0.2, 0.25) is 0 Å². The molecule has 150 valence electrons. The predicted molar refractivity (Wildman–Crippen MR) is 116 cm³/mol. The van der Waals surface area contributed by atoms with Gasteiger partial charge in [0, 0.05) is 16.5 Å². The maximum atomic E-state index is 12.5. The maximum Gasteiger partial charge on any atom is 0.238 e. The number of amides is 2. The van der Waals surface area contributed by atoms with E-state index in [1.165, 1.54) is 11.8 Å². The quantitative estimate of drug-likeness (QED) is 0.684. The highest BCUT2D eigenvalue weighted by molar-refractivity contribution is 7.99. The highest BCUT2D eigenvalue weighted by Gasteiger charge is 2.26. The van der Waals surface area contributed by atoms with E-state index in [9.17, 15) is 9.59 Å². The fourth-order valence-electron chi connectivity index (χ4n) is 3.32. The van der Waals surface area contributed by atoms with Crippen molar-refractivity contribution in [3.05, 3.63) is 54.6 Å². The van der Waals surface area contributed by atoms with E-state index in [4.69, 9.17) is 5.26 Å². The van der Waals surface area contributed by atoms with E-state index < -0.39 is 0 Å². The van der Waals surface area contributed by atoms with Crippen molar-refractivity contribution in [1.29, 1.82) is 5.26 Å². The van der Waals surface area contributed by atoms with E-state index in [2.05, 4.69) is 21.6 Å². The molecule has 7 heteroatoms. The van der Waals surface area contributed by atoms with E-state index in [1.807, 2.05) is 54.6 Å². The number of benzene rings is 2. The molecule has 0 aliphatic carbocycles. The van der Waals surface area contributed by atoms with Crippen LogP contribution < -0.4 is 10.6 Å². The lowest BCUT2D eigenvalue weighted by Gasteiger charge is -2.30. The molecule has 0 spiro atoms. The van der Waals surface area contributed by atoms with Crippen LogP contribution in [-0.4, -0.2) is 42.1 Å². The van der Waals surface area contributed by atoms with E-state index in [0.29, 0.717) is 25.4 Å². The first-order valence-corrected chi connectivity index (χ1v) is 10.6. The van der Waals surface area contributed by atoms with Crippen molar-refractivity contribution in [1.82, 2.24) is 4.90 Å². The zero-order valence-corrected chi connectivity index (χ0v) is 17.0. The summed E-state index contributed by atoms with van der Waals surface area (Å²) in [5.41, 5.74) is 1.54. The van der Waals surface area contributed by atoms with Crippen molar-refractivity contribution in [3.63, 3.8) is 0 Å². The van der Waals surface area contributed by atoms with Gasteiger partial charge < -0.3 is 10.6 Å². The molecule has 0 radical (unpaired) electrons. The van der Waals surface area contributed by atoms with Gasteiger partial charge in [0.15, 0.2) is 0 Å². The van der Waals surface area contributed by atoms with Gasteiger partial charge in [0.05, 0.1) is 24.1 Å². The minimum atomic E-state index is -0.0813. The molecule has 0 saturated carbocycles. The van der Waals surface area contributed by atoms with Gasteiger partial charge in [0.25, 0.3) is 0 Å². The van der Waals surface area contributed by atoms with Crippen LogP contribution in [0.25, 0.3) is 0 Å². The van der Waals surface area contributed by atoms with Crippen molar-refractivity contribution >= 4 is 35.0 Å². The molecule has 2 amide bonds. The normalized spacial score (nSPS) is 14.7. The van der Waals surface area contributed by atoms with E-state index in [-0.39, 0.29) is 17.7 Å². The van der Waals surface area contributed by atoms with Crippen molar-refractivity contribution in [3.8, 4) is 6.07 Å². The summed E-state index contributed by atoms with van der Waals surface area (Å²) < 4.78 is 0. The van der Waals surface area contributed by atoms with Gasteiger partial charge in [0.1, 0.15) is 0 Å². The van der Waals surface area contributed by atoms with Crippen molar-refractivity contribution in [2.45, 2.75) is 17.7 Å². The Morgan fingerprint density at radius 1 is 1.03 bits per heavy atom. The van der Waals surface area contributed by atoms with Crippen LogP contribution in [0.5, 0.6) is 0 Å². The Morgan fingerprint density at radius 2 is 1.72 bits per heavy atom. The molecule has 2 aromatic rings. The molecule has 0 bridgehead atoms. The second-order valence-electron chi connectivity index (χ2n) is 6.90. The second-order valence-corrected chi connectivity index (χ2v) is 7.91. The second kappa shape index (κ2) is 10.6. The largest absolute Gasteiger partial charge is 0.326 e. The monoisotopic (exact) mass is 408 g/mol. The lowest BCUT2D eigenvalue weighted by molar-refractivity contribution is -0.121. The number of hydrogen-bond donors (Lipinski definition) is 2. The van der Waals surface area contributed by atoms with Gasteiger partial charge in [-0.3, -0.25) is 14.5 Å². The summed E-state index contributed by atoms with van der Waals surface area (Å²) in [5.74, 6) is 0.273. The smallest absolute Gasteiger partial charge is 0.238 e. The SMILES string of the molecule is N#CCSc1ccccc1NC(=O)CN1CCC(C(=O)Nc2ccccc2)CC1. The van der Waals surface area contributed by atoms with Crippen LogP contribution in [0.3, 0.4) is 0 Å². The fourth-order valence-corrected chi connectivity index (χ4v) is 3.99. The molecule has 0 aromatic heterocycles. The summed E-state index contributed by atoms with van der Waals surface area (Å²) in [5, 5.41) is 14.7. The summed E-state index contributed by atoms with van der Waals surface area (Å²) >= 11 is 1.41. The van der Waals surface area contributed by atoms with Gasteiger partial charge >= 0.3 is 0 Å². The van der Waals surface area contributed by atoms with Gasteiger partial charge in [-0.05, 0) is 50.2 Å². The summed E-state index contributed by atoms with van der Waals surface area (Å²) in [4.78, 5) is 27.8. The average Bonchev–Trinajstić information content (AvgIpc) is 2.74. The Bertz CT molecular complexity index is 874. The number of carbonyl (C=O) groups excluding carboxylic acids is 2. The van der Waals surface area contributed by atoms with Gasteiger partial charge in [-0.2, -0.15) is 5.26 Å². The molecule has 6 nitrogen and oxygen atoms in total. The maximum absolute atomic E-state index is 12.5. The highest BCUT2D eigenvalue weighted by atomic mass is 32.2. The van der Waals surface area contributed by atoms with E-state index in [0.717, 1.165) is 29.1 Å². The number of para-hydroxylation sites is 2. The number of nitriles is 1. The Kier molecular flexibility index (Phi) is 7.68. The first kappa shape index (κ1) is 20.9. The molecule has 0 atom stereocenters. The van der Waals surface area contributed by atoms with Crippen LogP contribution in [-0.2, 0) is 9.59 Å². The molecule has 1 aliphatic heterocycles. The molecule has 1 saturated heterocycles. The molecule has 3 rings (SSSR count). The van der Waals surface area contributed by atoms with Gasteiger partial charge in [-0.1, -0.05) is 30.3 Å². The molecular formula is C22H24N4O2S. The van der Waals surface area contributed by atoms with Crippen molar-refractivity contribution < 1.29 is 9.59 Å². The number of likely N-dealkylation sites (tertiary alicyclic amines) is 1. The van der Waals surface area contributed by atoms with Crippen LogP contribution >= 0.6 is 11.8 Å². The Labute approximate surface area is 175 Å². The average molecular weight is 409 g/mol. The third-order valence-corrected chi connectivity index (χ3v) is 5.76. The van der Waals surface area contributed by atoms with Crippen LogP contribution in [0.4, 0.5) is 11.4 Å². The highest BCUT2D eigenvalue weighted by Crippen LogP contribution is 2.26. The summed E-state index contributed by atoms with van der Waals surface area (Å²) in [6.45, 7) is 1.72. The molecule has 0 unspecified atom stereocenters. The standard InChI is InChI=1S/C22H24N4O2S/c23-12-15-29-20-9-5-4-8-19(20)25-21(27)16-26-13-10-17(11-14-26)22(28)24-18-6-2-1-3-7-18/h1-9,17H,10-11,13-16H2,(H,24,28)(H,25,27). The third kappa shape index (κ3) is 6.34. The van der Waals surface area contributed by atoms with Crippen LogP contribution in [0.15, 0.2) is 59.5 Å². The fraction of sp³-hybridized carbons (Fsp3) is 0.318. The number of nitrogens with zero attached hydrogens (tertiary/aromatic N) is 2. The number of hydrogen-bond acceptors (Lipinski definition) is 5. The Morgan fingerprint density at radius 3 is 2.45 bits per heavy atom. The number of rotatable bonds is 7. The topological polar surface area (TPSA) is 85.2 Å². The number of piperidine rings is 1. The zero-order valence-electron chi connectivity index (χ0n) is 16.1. The third-order valence-electron chi connectivity index (χ3n) is 4.82. The summed E-state index contributed by atoms with van der Waals surface area (Å²) in [6, 6.07) is 19.1. The molecule has 1 fully saturated rings. The Balaban J connectivity index is 1.45. The number of carbonyl (C=O) groups is 2. The summed E-state index contributed by atoms with van der Waals surface area (Å²) in [7, 11) is 0. The van der Waals surface area contributed by atoms with E-state index >= 15 is 0 Å². The van der Waals surface area contributed by atoms with Gasteiger partial charge in [-0.25, -0.2) is 0 Å². The van der Waals surface area contributed by atoms with Crippen LogP contribution in [0.1, 0.15) is 12.8 Å². The number of anilines is 2. The first-order valence-electron chi connectivity index (χ1n) is 9.62. The molecule has 29 heavy (non-hydrogen) atoms. The van der Waals surface area contributed by atoms with Crippen molar-refractivity contribution in [2.24, 2.45) is 5.92 Å². The molecule has 1 aliphatic rings. The minimum Gasteiger partial charge on any atom is -0.326 e. The number of nitrogens with one attached hydrogen (secondary N) is 2. The lowest BCUT2D eigenvalue weighted by atomic mass is 9.96. The zero-order chi connectivity index (χ0) is 20.5. The van der Waals surface area contributed by atoms with Gasteiger partial charge in [-0.15, -0.1) is 11.8 Å². The molecule has 1 heterocycles. The van der Waals surface area contributed by atoms with Crippen molar-refractivity contribution in [2.75, 3.05) is 36.0 Å². The minimum absolute atomic E-state index is 0.0300. The Hall–Kier alpha value is -2.82. The molecule has 2 aromatic carbocycles. The molecule has 2 N–H and O–H groups in total. The molecular weight excluding hydrogens is 384 g/mol. The first-order chi connectivity index (χ1) is 14.2.